The second kappa shape index (κ2) is 26.4. The summed E-state index contributed by atoms with van der Waals surface area (Å²) in [6.45, 7) is 0. The first-order valence-electron chi connectivity index (χ1n) is 22.0. The van der Waals surface area contributed by atoms with Crippen LogP contribution in [0.25, 0.3) is 0 Å². The normalized spacial score (nSPS) is 16.2. The maximum absolute atomic E-state index is 14.5. The van der Waals surface area contributed by atoms with Crippen LogP contribution in [-0.4, -0.2) is 160 Å². The Morgan fingerprint density at radius 2 is 0.298 bits per heavy atom. The molecule has 0 saturated heterocycles. The molecule has 0 amide bonds. The van der Waals surface area contributed by atoms with Crippen molar-refractivity contribution in [3.63, 3.8) is 0 Å². The second-order valence-electron chi connectivity index (χ2n) is 18.5. The van der Waals surface area contributed by atoms with Crippen LogP contribution in [0.15, 0.2) is 18.2 Å². The average Bonchev–Trinajstić information content (AvgIpc) is 0.709. The summed E-state index contributed by atoms with van der Waals surface area (Å²) in [7, 11) is 0. The fourth-order valence-corrected chi connectivity index (χ4v) is 9.16. The van der Waals surface area contributed by atoms with Gasteiger partial charge in [-0.25, -0.2) is 0 Å². The van der Waals surface area contributed by atoms with E-state index in [1.165, 1.54) is 0 Å². The number of hydrogen-bond acceptors (Lipinski definition) is 3. The molecular formula is C39H21F51PdS3. The molecule has 562 valence electrons. The van der Waals surface area contributed by atoms with Crippen molar-refractivity contribution in [2.45, 2.75) is 179 Å². The van der Waals surface area contributed by atoms with Crippen LogP contribution >= 0.6 is 35.3 Å². The SMILES string of the molecule is FC(F)(F)C(F)(F)C(F)(F)C(F)(F)C(F)(F)C(F)(F)C(F)(F)C(F)(F)CCSCc1cc(CSCCC(F)(F)C(F)(F)C(F)(F)C(F)(F)C(F)(F)C(F)(F)C(F)(F)C(F)(F)F)cc(CSCCC(F)(F)C(F)(F)C(F)(F)C(F)(F)C(F)(F)C(F)(F)C(F)(F)C(F)(F)F)c1.[Pd]. The molecule has 0 heterocycles. The fourth-order valence-electron chi connectivity index (χ4n) is 6.32. The summed E-state index contributed by atoms with van der Waals surface area (Å²) in [5.41, 5.74) is -2.85. The topological polar surface area (TPSA) is 0 Å². The van der Waals surface area contributed by atoms with Crippen molar-refractivity contribution in [2.24, 2.45) is 0 Å². The van der Waals surface area contributed by atoms with E-state index in [2.05, 4.69) is 0 Å². The standard InChI is InChI=1S/C39H21F51S3.Pd/c40-16(41,19(46,47)22(52,53)25(58,59)28(64,65)31(70,71)34(76,77)37(82,83)84)1-4-91-10-13-7-14(11-92-5-2-17(42,43)20(48,49)23(54,55)26(60,61)29(66,67)32(72,73)35(78,79)38(85,86)87)9-15(8-13)12-93-6-3-18(44,45)21(50,51)24(56,57)27(62,63)30(68,69)33(74,75)36(80,81)39(88,89)90;/h7-9H,1-6,10-12H2;. The number of thioether (sulfide) groups is 3. The molecule has 1 aromatic rings. The average molecular weight is 1660 g/mol. The predicted octanol–water partition coefficient (Wildman–Crippen LogP) is 21.6. The van der Waals surface area contributed by atoms with Crippen LogP contribution in [0.1, 0.15) is 36.0 Å². The van der Waals surface area contributed by atoms with Gasteiger partial charge in [0.1, 0.15) is 0 Å². The van der Waals surface area contributed by atoms with Gasteiger partial charge in [0.2, 0.25) is 0 Å². The molecule has 0 fully saturated rings. The third kappa shape index (κ3) is 14.1. The van der Waals surface area contributed by atoms with Crippen LogP contribution in [0, 0.1) is 0 Å². The van der Waals surface area contributed by atoms with E-state index < -0.39 is 249 Å². The molecule has 0 N–H and O–H groups in total. The van der Waals surface area contributed by atoms with Crippen molar-refractivity contribution in [2.75, 3.05) is 17.3 Å². The van der Waals surface area contributed by atoms with Gasteiger partial charge >= 0.3 is 143 Å². The summed E-state index contributed by atoms with van der Waals surface area (Å²) in [5.74, 6) is -191. The van der Waals surface area contributed by atoms with Crippen molar-refractivity contribution < 1.29 is 244 Å². The Kier molecular flexibility index (Phi) is 25.6. The van der Waals surface area contributed by atoms with E-state index in [0.29, 0.717) is 18.2 Å². The van der Waals surface area contributed by atoms with Crippen molar-refractivity contribution in [3.8, 4) is 0 Å². The molecule has 0 radical (unpaired) electrons. The smallest absolute Gasteiger partial charge is 0.200 e. The minimum atomic E-state index is -9.11. The molecule has 0 aliphatic heterocycles. The number of hydrogen-bond donors (Lipinski definition) is 0. The summed E-state index contributed by atoms with van der Waals surface area (Å²) < 4.78 is 697. The summed E-state index contributed by atoms with van der Waals surface area (Å²) in [6.07, 6.45) is -34.2. The molecule has 94 heavy (non-hydrogen) atoms. The molecular weight excluding hydrogens is 1640 g/mol. The molecule has 0 bridgehead atoms. The zero-order valence-corrected chi connectivity index (χ0v) is 46.4. The summed E-state index contributed by atoms with van der Waals surface area (Å²) in [4.78, 5) is 0. The van der Waals surface area contributed by atoms with E-state index in [0.717, 1.165) is 0 Å². The maximum atomic E-state index is 14.5. The van der Waals surface area contributed by atoms with E-state index in [1.807, 2.05) is 0 Å². The quantitative estimate of drug-likeness (QED) is 0.0391. The Labute approximate surface area is 510 Å². The van der Waals surface area contributed by atoms with Gasteiger partial charge in [0.05, 0.1) is 0 Å². The van der Waals surface area contributed by atoms with Gasteiger partial charge in [-0.2, -0.15) is 259 Å². The minimum absolute atomic E-state index is 0. The second-order valence-corrected chi connectivity index (χ2v) is 21.8. The zero-order chi connectivity index (χ0) is 75.3. The Morgan fingerprint density at radius 3 is 0.426 bits per heavy atom. The number of rotatable bonds is 33. The monoisotopic (exact) mass is 1660 g/mol. The first kappa shape index (κ1) is 91.4. The van der Waals surface area contributed by atoms with Gasteiger partial charge in [0.15, 0.2) is 0 Å². The van der Waals surface area contributed by atoms with E-state index in [4.69, 9.17) is 0 Å². The zero-order valence-electron chi connectivity index (χ0n) is 42.4. The van der Waals surface area contributed by atoms with Crippen LogP contribution in [0.3, 0.4) is 0 Å². The van der Waals surface area contributed by atoms with E-state index in [1.54, 1.807) is 0 Å². The molecule has 1 rings (SSSR count). The number of halogens is 51. The van der Waals surface area contributed by atoms with Gasteiger partial charge in [-0.3, -0.25) is 0 Å². The largest absolute Gasteiger partial charge is 0.460 e. The minimum Gasteiger partial charge on any atom is -0.200 e. The Balaban J connectivity index is 0.0000865. The summed E-state index contributed by atoms with van der Waals surface area (Å²) in [5, 5.41) is 0. The van der Waals surface area contributed by atoms with Gasteiger partial charge < -0.3 is 0 Å². The Morgan fingerprint density at radius 1 is 0.181 bits per heavy atom. The van der Waals surface area contributed by atoms with Crippen LogP contribution in [0.4, 0.5) is 224 Å². The Hall–Kier alpha value is -2.64. The van der Waals surface area contributed by atoms with Crippen molar-refractivity contribution in [1.29, 1.82) is 0 Å². The number of alkyl halides is 51. The van der Waals surface area contributed by atoms with Crippen LogP contribution in [-0.2, 0) is 37.7 Å². The van der Waals surface area contributed by atoms with E-state index in [9.17, 15) is 224 Å². The van der Waals surface area contributed by atoms with Crippen molar-refractivity contribution >= 4 is 35.3 Å². The third-order valence-electron chi connectivity index (χ3n) is 12.0. The molecule has 0 spiro atoms. The van der Waals surface area contributed by atoms with Crippen LogP contribution in [0.5, 0.6) is 0 Å². The van der Waals surface area contributed by atoms with Gasteiger partial charge in [0, 0.05) is 56.9 Å². The van der Waals surface area contributed by atoms with E-state index in [-0.39, 0.29) is 20.4 Å². The van der Waals surface area contributed by atoms with Gasteiger partial charge in [-0.1, -0.05) is 18.2 Å². The van der Waals surface area contributed by atoms with Gasteiger partial charge in [-0.15, -0.1) is 0 Å². The molecule has 0 aromatic heterocycles. The van der Waals surface area contributed by atoms with Gasteiger partial charge in [-0.05, 0) is 33.9 Å². The van der Waals surface area contributed by atoms with Crippen molar-refractivity contribution in [3.05, 3.63) is 34.9 Å². The molecule has 0 aliphatic rings. The van der Waals surface area contributed by atoms with Crippen LogP contribution < -0.4 is 0 Å². The first-order chi connectivity index (χ1) is 40.0. The molecule has 0 atom stereocenters. The molecule has 1 aromatic carbocycles. The molecule has 0 nitrogen and oxygen atoms in total. The molecule has 0 aliphatic carbocycles. The van der Waals surface area contributed by atoms with Crippen molar-refractivity contribution in [1.82, 2.24) is 0 Å². The number of benzene rings is 1. The molecule has 0 saturated carbocycles. The predicted molar refractivity (Wildman–Crippen MR) is 211 cm³/mol. The summed E-state index contributed by atoms with van der Waals surface area (Å²) in [6, 6.07) is 0.904. The van der Waals surface area contributed by atoms with Crippen LogP contribution in [0.2, 0.25) is 0 Å². The molecule has 0 unspecified atom stereocenters. The third-order valence-corrected chi connectivity index (χ3v) is 15.1. The molecule has 55 heteroatoms. The fraction of sp³-hybridized carbons (Fsp3) is 0.846. The maximum Gasteiger partial charge on any atom is 0.460 e. The first-order valence-corrected chi connectivity index (χ1v) is 25.4. The Bertz CT molecular complexity index is 2400. The van der Waals surface area contributed by atoms with Gasteiger partial charge in [0.25, 0.3) is 0 Å². The van der Waals surface area contributed by atoms with E-state index >= 15 is 0 Å². The summed E-state index contributed by atoms with van der Waals surface area (Å²) >= 11 is -1.76.